The molecule has 0 aliphatic carbocycles. The number of cyclic esters (lactones) is 1. The minimum absolute atomic E-state index is 0.163. The fourth-order valence-electron chi connectivity index (χ4n) is 0.764. The van der Waals surface area contributed by atoms with Gasteiger partial charge in [-0.1, -0.05) is 0 Å². The summed E-state index contributed by atoms with van der Waals surface area (Å²) in [5.41, 5.74) is 0. The Morgan fingerprint density at radius 1 is 1.58 bits per heavy atom. The summed E-state index contributed by atoms with van der Waals surface area (Å²) < 4.78 is 8.71. The van der Waals surface area contributed by atoms with E-state index in [0.717, 1.165) is 0 Å². The molecule has 0 aromatic heterocycles. The Morgan fingerprint density at radius 2 is 2.25 bits per heavy atom. The van der Waals surface area contributed by atoms with E-state index in [1.807, 2.05) is 0 Å². The fourth-order valence-corrected chi connectivity index (χ4v) is 0.764. The number of rotatable bonds is 1. The van der Waals surface area contributed by atoms with Gasteiger partial charge in [0.05, 0.1) is 6.61 Å². The second kappa shape index (κ2) is 3.21. The van der Waals surface area contributed by atoms with Gasteiger partial charge in [0.2, 0.25) is 6.10 Å². The maximum Gasteiger partial charge on any atom is 0.418 e. The predicted octanol–water partition coefficient (Wildman–Crippen LogP) is -1.07. The molecule has 6 heteroatoms. The van der Waals surface area contributed by atoms with Crippen LogP contribution in [0.1, 0.15) is 6.42 Å². The van der Waals surface area contributed by atoms with Gasteiger partial charge in [0, 0.05) is 6.42 Å². The number of ether oxygens (including phenoxy) is 2. The van der Waals surface area contributed by atoms with Crippen molar-refractivity contribution in [3.63, 3.8) is 0 Å². The van der Waals surface area contributed by atoms with Crippen molar-refractivity contribution in [2.24, 2.45) is 0 Å². The van der Waals surface area contributed by atoms with Crippen LogP contribution in [0.15, 0.2) is 0 Å². The van der Waals surface area contributed by atoms with Crippen molar-refractivity contribution < 1.29 is 29.0 Å². The summed E-state index contributed by atoms with van der Waals surface area (Å²) in [6.07, 6.45) is -0.828. The van der Waals surface area contributed by atoms with Gasteiger partial charge < -0.3 is 14.6 Å². The van der Waals surface area contributed by atoms with Crippen molar-refractivity contribution in [1.29, 1.82) is 0 Å². The Bertz CT molecular complexity index is 232. The van der Waals surface area contributed by atoms with E-state index in [1.54, 1.807) is 0 Å². The molecule has 6 nitrogen and oxygen atoms in total. The molecular formula is C6H6O6. The molecule has 1 unspecified atom stereocenters. The van der Waals surface area contributed by atoms with Crippen LogP contribution in [0, 0.1) is 0 Å². The van der Waals surface area contributed by atoms with E-state index < -0.39 is 24.0 Å². The third-order valence-electron chi connectivity index (χ3n) is 1.31. The topological polar surface area (TPSA) is 89.9 Å². The highest BCUT2D eigenvalue weighted by Gasteiger charge is 2.31. The average Bonchev–Trinajstić information content (AvgIpc) is 2.36. The molecule has 1 rings (SSSR count). The van der Waals surface area contributed by atoms with E-state index >= 15 is 0 Å². The summed E-state index contributed by atoms with van der Waals surface area (Å²) in [6.45, 7) is 0.163. The molecule has 1 fully saturated rings. The monoisotopic (exact) mass is 174 g/mol. The van der Waals surface area contributed by atoms with Crippen molar-refractivity contribution in [1.82, 2.24) is 0 Å². The van der Waals surface area contributed by atoms with Crippen LogP contribution < -0.4 is 0 Å². The van der Waals surface area contributed by atoms with Crippen LogP contribution in [0.2, 0.25) is 0 Å². The van der Waals surface area contributed by atoms with Gasteiger partial charge in [-0.3, -0.25) is 0 Å². The third-order valence-corrected chi connectivity index (χ3v) is 1.31. The van der Waals surface area contributed by atoms with Crippen LogP contribution in [-0.4, -0.2) is 35.7 Å². The SMILES string of the molecule is O=C(O)C(=O)OC1CCOC1=O. The first-order valence-electron chi connectivity index (χ1n) is 3.22. The minimum atomic E-state index is -1.71. The van der Waals surface area contributed by atoms with Gasteiger partial charge >= 0.3 is 17.9 Å². The van der Waals surface area contributed by atoms with Gasteiger partial charge in [0.15, 0.2) is 0 Å². The summed E-state index contributed by atoms with van der Waals surface area (Å²) in [5, 5.41) is 8.10. The summed E-state index contributed by atoms with van der Waals surface area (Å²) in [5.74, 6) is -3.84. The predicted molar refractivity (Wildman–Crippen MR) is 33.1 cm³/mol. The summed E-state index contributed by atoms with van der Waals surface area (Å²) in [7, 11) is 0. The van der Waals surface area contributed by atoms with E-state index in [2.05, 4.69) is 9.47 Å². The van der Waals surface area contributed by atoms with Crippen molar-refractivity contribution in [2.75, 3.05) is 6.61 Å². The number of hydrogen-bond acceptors (Lipinski definition) is 5. The van der Waals surface area contributed by atoms with Crippen LogP contribution in [0.5, 0.6) is 0 Å². The highest BCUT2D eigenvalue weighted by atomic mass is 16.6. The Labute approximate surface area is 67.1 Å². The molecule has 0 bridgehead atoms. The van der Waals surface area contributed by atoms with Crippen LogP contribution in [0.4, 0.5) is 0 Å². The van der Waals surface area contributed by atoms with Gasteiger partial charge in [-0.05, 0) is 0 Å². The zero-order valence-corrected chi connectivity index (χ0v) is 5.98. The van der Waals surface area contributed by atoms with Gasteiger partial charge in [-0.2, -0.15) is 0 Å². The number of esters is 2. The molecule has 0 spiro atoms. The van der Waals surface area contributed by atoms with Gasteiger partial charge in [0.25, 0.3) is 0 Å². The number of carboxylic acids is 1. The maximum absolute atomic E-state index is 10.6. The standard InChI is InChI=1S/C6H6O6/c7-4(8)6(10)12-3-1-2-11-5(3)9/h3H,1-2H2,(H,7,8). The van der Waals surface area contributed by atoms with Crippen LogP contribution >= 0.6 is 0 Å². The van der Waals surface area contributed by atoms with Crippen LogP contribution in [0.3, 0.4) is 0 Å². The van der Waals surface area contributed by atoms with Crippen molar-refractivity contribution in [3.05, 3.63) is 0 Å². The van der Waals surface area contributed by atoms with E-state index in [9.17, 15) is 14.4 Å². The number of carbonyl (C=O) groups is 3. The number of hydrogen-bond donors (Lipinski definition) is 1. The molecule has 66 valence electrons. The molecular weight excluding hydrogens is 168 g/mol. The lowest BCUT2D eigenvalue weighted by Gasteiger charge is -2.03. The average molecular weight is 174 g/mol. The lowest BCUT2D eigenvalue weighted by atomic mass is 10.3. The van der Waals surface area contributed by atoms with Gasteiger partial charge in [0.1, 0.15) is 0 Å². The van der Waals surface area contributed by atoms with Gasteiger partial charge in [-0.15, -0.1) is 0 Å². The van der Waals surface area contributed by atoms with Crippen LogP contribution in [0.25, 0.3) is 0 Å². The molecule has 1 N–H and O–H groups in total. The lowest BCUT2D eigenvalue weighted by Crippen LogP contribution is -2.27. The minimum Gasteiger partial charge on any atom is -0.473 e. The Hall–Kier alpha value is -1.59. The van der Waals surface area contributed by atoms with E-state index in [1.165, 1.54) is 0 Å². The molecule has 0 aromatic rings. The number of carboxylic acid groups (broad SMARTS) is 1. The quantitative estimate of drug-likeness (QED) is 0.402. The molecule has 1 heterocycles. The molecule has 1 aliphatic heterocycles. The molecule has 12 heavy (non-hydrogen) atoms. The first kappa shape index (κ1) is 8.51. The molecule has 0 amide bonds. The van der Waals surface area contributed by atoms with E-state index in [4.69, 9.17) is 5.11 Å². The normalized spacial score (nSPS) is 21.7. The van der Waals surface area contributed by atoms with Crippen LogP contribution in [-0.2, 0) is 23.9 Å². The smallest absolute Gasteiger partial charge is 0.418 e. The first-order valence-corrected chi connectivity index (χ1v) is 3.22. The third kappa shape index (κ3) is 1.71. The lowest BCUT2D eigenvalue weighted by molar-refractivity contribution is -0.170. The first-order chi connectivity index (χ1) is 5.61. The van der Waals surface area contributed by atoms with E-state index in [0.29, 0.717) is 0 Å². The van der Waals surface area contributed by atoms with Crippen molar-refractivity contribution in [2.45, 2.75) is 12.5 Å². The molecule has 1 aliphatic rings. The fraction of sp³-hybridized carbons (Fsp3) is 0.500. The molecule has 1 atom stereocenters. The zero-order valence-electron chi connectivity index (χ0n) is 5.98. The Morgan fingerprint density at radius 3 is 2.67 bits per heavy atom. The molecule has 0 saturated carbocycles. The summed E-state index contributed by atoms with van der Waals surface area (Å²) in [6, 6.07) is 0. The molecule has 0 radical (unpaired) electrons. The summed E-state index contributed by atoms with van der Waals surface area (Å²) in [4.78, 5) is 31.0. The number of carbonyl (C=O) groups excluding carboxylic acids is 2. The zero-order chi connectivity index (χ0) is 9.14. The second-order valence-corrected chi connectivity index (χ2v) is 2.16. The maximum atomic E-state index is 10.6. The van der Waals surface area contributed by atoms with E-state index in [-0.39, 0.29) is 13.0 Å². The summed E-state index contributed by atoms with van der Waals surface area (Å²) >= 11 is 0. The van der Waals surface area contributed by atoms with Gasteiger partial charge in [-0.25, -0.2) is 14.4 Å². The van der Waals surface area contributed by atoms with Crippen molar-refractivity contribution in [3.8, 4) is 0 Å². The largest absolute Gasteiger partial charge is 0.473 e. The highest BCUT2D eigenvalue weighted by Crippen LogP contribution is 2.09. The van der Waals surface area contributed by atoms with Crippen molar-refractivity contribution >= 4 is 17.9 Å². The second-order valence-electron chi connectivity index (χ2n) is 2.16. The Balaban J connectivity index is 2.46. The molecule has 1 saturated heterocycles. The molecule has 0 aromatic carbocycles. The highest BCUT2D eigenvalue weighted by molar-refractivity contribution is 6.28. The number of aliphatic carboxylic acids is 1. The Kier molecular flexibility index (Phi) is 2.27.